The average Bonchev–Trinajstić information content (AvgIpc) is 2.21. The smallest absolute Gasteiger partial charge is 0.338 e. The van der Waals surface area contributed by atoms with Crippen molar-refractivity contribution in [3.63, 3.8) is 0 Å². The Morgan fingerprint density at radius 2 is 2.19 bits per heavy atom. The fraction of sp³-hybridized carbons (Fsp3) is 0. The maximum Gasteiger partial charge on any atom is 0.338 e. The van der Waals surface area contributed by atoms with E-state index in [1.54, 1.807) is 0 Å². The summed E-state index contributed by atoms with van der Waals surface area (Å²) < 4.78 is 13.5. The first-order chi connectivity index (χ1) is 7.50. The number of nitrogens with zero attached hydrogens (tertiary/aromatic N) is 1. The second-order valence-corrected chi connectivity index (χ2v) is 4.31. The number of halogens is 3. The van der Waals surface area contributed by atoms with Crippen LogP contribution in [0.25, 0.3) is 10.9 Å². The third-order valence-corrected chi connectivity index (χ3v) is 3.09. The number of hydrogen-bond donors (Lipinski definition) is 1. The number of carboxylic acids is 1. The third-order valence-electron chi connectivity index (χ3n) is 2.07. The molecule has 6 heteroatoms. The monoisotopic (exact) mass is 303 g/mol. The molecule has 0 saturated carbocycles. The molecule has 0 bridgehead atoms. The molecule has 2 aromatic rings. The lowest BCUT2D eigenvalue weighted by molar-refractivity contribution is 0.0697. The van der Waals surface area contributed by atoms with Crippen LogP contribution < -0.4 is 0 Å². The second kappa shape index (κ2) is 3.99. The Hall–Kier alpha value is -1.20. The zero-order valence-electron chi connectivity index (χ0n) is 7.67. The maximum atomic E-state index is 13.3. The molecule has 0 amide bonds. The molecule has 1 aromatic carbocycles. The summed E-state index contributed by atoms with van der Waals surface area (Å²) in [5.41, 5.74) is 0.291. The van der Waals surface area contributed by atoms with Gasteiger partial charge in [0.1, 0.15) is 5.82 Å². The number of hydrogen-bond acceptors (Lipinski definition) is 2. The quantitative estimate of drug-likeness (QED) is 0.877. The van der Waals surface area contributed by atoms with Crippen molar-refractivity contribution >= 4 is 44.4 Å². The van der Waals surface area contributed by atoms with E-state index in [4.69, 9.17) is 16.7 Å². The summed E-state index contributed by atoms with van der Waals surface area (Å²) in [6.45, 7) is 0. The zero-order chi connectivity index (χ0) is 11.9. The summed E-state index contributed by atoms with van der Waals surface area (Å²) in [7, 11) is 0. The van der Waals surface area contributed by atoms with Crippen LogP contribution in [0.4, 0.5) is 4.39 Å². The first-order valence-corrected chi connectivity index (χ1v) is 5.34. The fourth-order valence-electron chi connectivity index (χ4n) is 1.30. The maximum absolute atomic E-state index is 13.3. The number of rotatable bonds is 1. The molecule has 16 heavy (non-hydrogen) atoms. The first-order valence-electron chi connectivity index (χ1n) is 4.17. The Morgan fingerprint density at radius 1 is 1.50 bits per heavy atom. The lowest BCUT2D eigenvalue weighted by Crippen LogP contribution is -1.99. The van der Waals surface area contributed by atoms with E-state index >= 15 is 0 Å². The molecule has 0 aliphatic rings. The Labute approximate surface area is 103 Å². The molecule has 1 N–H and O–H groups in total. The van der Waals surface area contributed by atoms with Crippen LogP contribution >= 0.6 is 27.5 Å². The average molecular weight is 305 g/mol. The van der Waals surface area contributed by atoms with E-state index in [1.165, 1.54) is 6.07 Å². The summed E-state index contributed by atoms with van der Waals surface area (Å²) in [5, 5.41) is 9.09. The van der Waals surface area contributed by atoms with Gasteiger partial charge in [0.15, 0.2) is 0 Å². The molecular weight excluding hydrogens is 300 g/mol. The number of benzene rings is 1. The fourth-order valence-corrected chi connectivity index (χ4v) is 1.92. The van der Waals surface area contributed by atoms with Gasteiger partial charge in [0, 0.05) is 11.6 Å². The molecular formula is C10H4BrClFNO2. The minimum atomic E-state index is -1.19. The highest BCUT2D eigenvalue weighted by molar-refractivity contribution is 9.10. The predicted octanol–water partition coefficient (Wildman–Crippen LogP) is 3.49. The summed E-state index contributed by atoms with van der Waals surface area (Å²) >= 11 is 8.87. The van der Waals surface area contributed by atoms with E-state index in [9.17, 15) is 9.18 Å². The van der Waals surface area contributed by atoms with Gasteiger partial charge in [-0.3, -0.25) is 4.98 Å². The molecule has 0 aliphatic carbocycles. The van der Waals surface area contributed by atoms with Crippen molar-refractivity contribution in [1.82, 2.24) is 4.98 Å². The van der Waals surface area contributed by atoms with Gasteiger partial charge in [-0.15, -0.1) is 0 Å². The molecule has 0 saturated heterocycles. The van der Waals surface area contributed by atoms with Crippen molar-refractivity contribution in [3.05, 3.63) is 39.2 Å². The predicted molar refractivity (Wildman–Crippen MR) is 61.4 cm³/mol. The number of pyridine rings is 1. The van der Waals surface area contributed by atoms with Crippen LogP contribution in [0.15, 0.2) is 22.8 Å². The van der Waals surface area contributed by atoms with Gasteiger partial charge in [0.2, 0.25) is 0 Å². The van der Waals surface area contributed by atoms with E-state index in [2.05, 4.69) is 20.9 Å². The molecule has 0 aliphatic heterocycles. The van der Waals surface area contributed by atoms with Crippen molar-refractivity contribution < 1.29 is 14.3 Å². The summed E-state index contributed by atoms with van der Waals surface area (Å²) in [4.78, 5) is 14.7. The molecule has 3 nitrogen and oxygen atoms in total. The van der Waals surface area contributed by atoms with Crippen molar-refractivity contribution in [3.8, 4) is 0 Å². The molecule has 0 atom stereocenters. The second-order valence-electron chi connectivity index (χ2n) is 3.07. The van der Waals surface area contributed by atoms with Crippen LogP contribution in [-0.4, -0.2) is 16.1 Å². The minimum Gasteiger partial charge on any atom is -0.478 e. The van der Waals surface area contributed by atoms with Crippen molar-refractivity contribution in [2.45, 2.75) is 0 Å². The van der Waals surface area contributed by atoms with Gasteiger partial charge < -0.3 is 5.11 Å². The van der Waals surface area contributed by atoms with E-state index in [1.807, 2.05) is 0 Å². The molecule has 1 heterocycles. The van der Waals surface area contributed by atoms with Gasteiger partial charge in [-0.1, -0.05) is 11.6 Å². The molecule has 0 spiro atoms. The SMILES string of the molecule is O=C(O)c1cnc2cc(Br)c(F)cc2c1Cl. The zero-order valence-corrected chi connectivity index (χ0v) is 10.0. The number of carbonyl (C=O) groups is 1. The van der Waals surface area contributed by atoms with Crippen molar-refractivity contribution in [1.29, 1.82) is 0 Å². The van der Waals surface area contributed by atoms with Gasteiger partial charge in [-0.2, -0.15) is 0 Å². The van der Waals surface area contributed by atoms with Crippen molar-refractivity contribution in [2.24, 2.45) is 0 Å². The number of fused-ring (bicyclic) bond motifs is 1. The van der Waals surface area contributed by atoms with Gasteiger partial charge in [-0.05, 0) is 28.1 Å². The number of carboxylic acid groups (broad SMARTS) is 1. The summed E-state index contributed by atoms with van der Waals surface area (Å²) in [6, 6.07) is 2.60. The molecule has 0 unspecified atom stereocenters. The summed E-state index contributed by atoms with van der Waals surface area (Å²) in [5.74, 6) is -1.71. The van der Waals surface area contributed by atoms with Gasteiger partial charge >= 0.3 is 5.97 Å². The van der Waals surface area contributed by atoms with Gasteiger partial charge in [0.05, 0.1) is 20.6 Å². The lowest BCUT2D eigenvalue weighted by Gasteiger charge is -2.04. The largest absolute Gasteiger partial charge is 0.478 e. The molecule has 2 rings (SSSR count). The van der Waals surface area contributed by atoms with Crippen LogP contribution in [0.1, 0.15) is 10.4 Å². The lowest BCUT2D eigenvalue weighted by atomic mass is 10.1. The summed E-state index contributed by atoms with van der Waals surface area (Å²) in [6.07, 6.45) is 1.15. The number of aromatic carboxylic acids is 1. The Kier molecular flexibility index (Phi) is 2.82. The van der Waals surface area contributed by atoms with Crippen molar-refractivity contribution in [2.75, 3.05) is 0 Å². The highest BCUT2D eigenvalue weighted by atomic mass is 79.9. The molecule has 1 aromatic heterocycles. The van der Waals surface area contributed by atoms with E-state index in [0.717, 1.165) is 12.3 Å². The molecule has 82 valence electrons. The topological polar surface area (TPSA) is 50.2 Å². The van der Waals surface area contributed by atoms with E-state index in [0.29, 0.717) is 5.52 Å². The van der Waals surface area contributed by atoms with Gasteiger partial charge in [-0.25, -0.2) is 9.18 Å². The van der Waals surface area contributed by atoms with Crippen LogP contribution in [0.5, 0.6) is 0 Å². The highest BCUT2D eigenvalue weighted by Crippen LogP contribution is 2.29. The van der Waals surface area contributed by atoms with E-state index in [-0.39, 0.29) is 20.4 Å². The first kappa shape index (κ1) is 11.3. The van der Waals surface area contributed by atoms with Crippen LogP contribution in [-0.2, 0) is 0 Å². The normalized spacial score (nSPS) is 10.7. The molecule has 0 fully saturated rings. The van der Waals surface area contributed by atoms with Gasteiger partial charge in [0.25, 0.3) is 0 Å². The van der Waals surface area contributed by atoms with Crippen LogP contribution in [0.2, 0.25) is 5.02 Å². The standard InChI is InChI=1S/C10H4BrClFNO2/c11-6-2-8-4(1-7(6)13)9(12)5(3-14-8)10(15)16/h1-3H,(H,15,16). The highest BCUT2D eigenvalue weighted by Gasteiger charge is 2.14. The minimum absolute atomic E-state index is 0.0103. The van der Waals surface area contributed by atoms with Crippen LogP contribution in [0, 0.1) is 5.82 Å². The molecule has 0 radical (unpaired) electrons. The Balaban J connectivity index is 2.84. The number of aromatic nitrogens is 1. The Morgan fingerprint density at radius 3 is 2.81 bits per heavy atom. The third kappa shape index (κ3) is 1.76. The van der Waals surface area contributed by atoms with Crippen LogP contribution in [0.3, 0.4) is 0 Å². The Bertz CT molecular complexity index is 603. The van der Waals surface area contributed by atoms with E-state index < -0.39 is 11.8 Å².